The zero-order chi connectivity index (χ0) is 28.0. The Morgan fingerprint density at radius 1 is 0.974 bits per heavy atom. The topological polar surface area (TPSA) is 139 Å². The van der Waals surface area contributed by atoms with Gasteiger partial charge in [-0.15, -0.1) is 11.8 Å². The Kier molecular flexibility index (Phi) is 9.42. The number of rotatable bonds is 9. The molecule has 0 radical (unpaired) electrons. The first-order valence-electron chi connectivity index (χ1n) is 11.2. The molecule has 12 heteroatoms. The van der Waals surface area contributed by atoms with E-state index < -0.39 is 38.6 Å². The van der Waals surface area contributed by atoms with Crippen LogP contribution in [0.4, 0.5) is 11.4 Å². The number of halogens is 1. The third-order valence-corrected chi connectivity index (χ3v) is 8.87. The molecule has 0 aliphatic carbocycles. The predicted molar refractivity (Wildman–Crippen MR) is 147 cm³/mol. The molecular weight excluding hydrogens is 552 g/mol. The lowest BCUT2D eigenvalue weighted by Crippen LogP contribution is -2.34. The standard InChI is InChI=1S/C26H25ClN2O7S2/c1-4-23(38(34,35)18-11-9-17(37-3)10-12-18)25(32)28-20-14-22(30)21(13-19(20)27)29-24(31)15-5-7-16(8-6-15)26(33)36-2/h5-14,23,30H,4H2,1-3H3,(H,28,32)(H,29,31). The second kappa shape index (κ2) is 12.3. The Hall–Kier alpha value is -3.54. The van der Waals surface area contributed by atoms with Crippen molar-refractivity contribution in [2.45, 2.75) is 28.4 Å². The quantitative estimate of drug-likeness (QED) is 0.184. The third-order valence-electron chi connectivity index (χ3n) is 5.59. The number of thioether (sulfide) groups is 1. The Morgan fingerprint density at radius 2 is 1.58 bits per heavy atom. The van der Waals surface area contributed by atoms with E-state index in [2.05, 4.69) is 15.4 Å². The van der Waals surface area contributed by atoms with Gasteiger partial charge >= 0.3 is 5.97 Å². The van der Waals surface area contributed by atoms with Crippen LogP contribution in [-0.2, 0) is 19.4 Å². The minimum Gasteiger partial charge on any atom is -0.506 e. The van der Waals surface area contributed by atoms with E-state index in [-0.39, 0.29) is 38.8 Å². The number of hydrogen-bond acceptors (Lipinski definition) is 8. The Balaban J connectivity index is 1.77. The largest absolute Gasteiger partial charge is 0.506 e. The van der Waals surface area contributed by atoms with Crippen LogP contribution in [0, 0.1) is 0 Å². The second-order valence-corrected chi connectivity index (χ2v) is 11.4. The molecule has 3 aromatic rings. The first-order valence-corrected chi connectivity index (χ1v) is 14.4. The van der Waals surface area contributed by atoms with Gasteiger partial charge in [-0.1, -0.05) is 18.5 Å². The van der Waals surface area contributed by atoms with E-state index in [1.54, 1.807) is 19.1 Å². The van der Waals surface area contributed by atoms with E-state index in [4.69, 9.17) is 11.6 Å². The molecule has 9 nitrogen and oxygen atoms in total. The van der Waals surface area contributed by atoms with E-state index in [1.165, 1.54) is 61.3 Å². The summed E-state index contributed by atoms with van der Waals surface area (Å²) in [5.41, 5.74) is 0.399. The van der Waals surface area contributed by atoms with Gasteiger partial charge in [0.15, 0.2) is 9.84 Å². The van der Waals surface area contributed by atoms with Crippen LogP contribution in [0.25, 0.3) is 0 Å². The smallest absolute Gasteiger partial charge is 0.337 e. The molecule has 0 saturated carbocycles. The Labute approximate surface area is 229 Å². The summed E-state index contributed by atoms with van der Waals surface area (Å²) in [6, 6.07) is 14.2. The van der Waals surface area contributed by atoms with Gasteiger partial charge in [-0.05, 0) is 67.3 Å². The molecule has 3 aromatic carbocycles. The fraction of sp³-hybridized carbons (Fsp3) is 0.192. The molecular formula is C26H25ClN2O7S2. The maximum absolute atomic E-state index is 13.1. The van der Waals surface area contributed by atoms with Crippen LogP contribution < -0.4 is 10.6 Å². The van der Waals surface area contributed by atoms with E-state index in [1.807, 2.05) is 6.26 Å². The molecule has 3 N–H and O–H groups in total. The van der Waals surface area contributed by atoms with Crippen molar-refractivity contribution in [3.8, 4) is 5.75 Å². The van der Waals surface area contributed by atoms with Crippen molar-refractivity contribution in [3.63, 3.8) is 0 Å². The number of anilines is 2. The van der Waals surface area contributed by atoms with Crippen molar-refractivity contribution in [2.24, 2.45) is 0 Å². The van der Waals surface area contributed by atoms with Gasteiger partial charge in [-0.3, -0.25) is 9.59 Å². The molecule has 0 aliphatic rings. The molecule has 0 saturated heterocycles. The molecule has 1 atom stereocenters. The number of carbonyl (C=O) groups is 3. The van der Waals surface area contributed by atoms with Gasteiger partial charge in [0.05, 0.1) is 34.0 Å². The first kappa shape index (κ1) is 29.0. The van der Waals surface area contributed by atoms with Crippen LogP contribution in [0.5, 0.6) is 5.75 Å². The summed E-state index contributed by atoms with van der Waals surface area (Å²) in [5, 5.41) is 14.0. The van der Waals surface area contributed by atoms with E-state index in [0.29, 0.717) is 0 Å². The van der Waals surface area contributed by atoms with Crippen molar-refractivity contribution in [3.05, 3.63) is 76.8 Å². The van der Waals surface area contributed by atoms with Crippen molar-refractivity contribution in [1.82, 2.24) is 0 Å². The highest BCUT2D eigenvalue weighted by atomic mass is 35.5. The number of sulfone groups is 1. The van der Waals surface area contributed by atoms with Crippen LogP contribution in [0.15, 0.2) is 70.5 Å². The van der Waals surface area contributed by atoms with Crippen LogP contribution in [0.2, 0.25) is 5.02 Å². The molecule has 0 heterocycles. The van der Waals surface area contributed by atoms with Crippen LogP contribution in [-0.4, -0.2) is 49.9 Å². The van der Waals surface area contributed by atoms with Gasteiger partial charge in [0.1, 0.15) is 11.0 Å². The highest BCUT2D eigenvalue weighted by Gasteiger charge is 2.33. The number of phenolic OH excluding ortho intramolecular Hbond substituents is 1. The Bertz CT molecular complexity index is 1460. The van der Waals surface area contributed by atoms with Gasteiger partial charge in [-0.25, -0.2) is 13.2 Å². The van der Waals surface area contributed by atoms with Gasteiger partial charge in [0.25, 0.3) is 5.91 Å². The fourth-order valence-corrected chi connectivity index (χ4v) is 5.76. The average Bonchev–Trinajstić information content (AvgIpc) is 2.91. The summed E-state index contributed by atoms with van der Waals surface area (Å²) in [6.07, 6.45) is 1.87. The van der Waals surface area contributed by atoms with Crippen molar-refractivity contribution >= 4 is 62.4 Å². The molecule has 0 aliphatic heterocycles. The third kappa shape index (κ3) is 6.47. The number of hydrogen-bond donors (Lipinski definition) is 3. The molecule has 3 rings (SSSR count). The van der Waals surface area contributed by atoms with E-state index in [9.17, 15) is 27.9 Å². The summed E-state index contributed by atoms with van der Waals surface area (Å²) in [6.45, 7) is 1.58. The van der Waals surface area contributed by atoms with Gasteiger partial charge < -0.3 is 20.5 Å². The average molecular weight is 577 g/mol. The van der Waals surface area contributed by atoms with Gasteiger partial charge in [-0.2, -0.15) is 0 Å². The number of nitrogens with one attached hydrogen (secondary N) is 2. The molecule has 2 amide bonds. The first-order chi connectivity index (χ1) is 18.0. The summed E-state index contributed by atoms with van der Waals surface area (Å²) in [5.74, 6) is -2.36. The minimum absolute atomic E-state index is 0.00492. The summed E-state index contributed by atoms with van der Waals surface area (Å²) < 4.78 is 30.8. The minimum atomic E-state index is -4.00. The van der Waals surface area contributed by atoms with Crippen molar-refractivity contribution < 1.29 is 32.6 Å². The lowest BCUT2D eigenvalue weighted by molar-refractivity contribution is -0.115. The van der Waals surface area contributed by atoms with Gasteiger partial charge in [0.2, 0.25) is 5.91 Å². The molecule has 200 valence electrons. The Morgan fingerprint density at radius 3 is 2.13 bits per heavy atom. The number of ether oxygens (including phenoxy) is 1. The maximum atomic E-state index is 13.1. The number of benzene rings is 3. The van der Waals surface area contributed by atoms with Crippen molar-refractivity contribution in [1.29, 1.82) is 0 Å². The van der Waals surface area contributed by atoms with Crippen molar-refractivity contribution in [2.75, 3.05) is 24.0 Å². The lowest BCUT2D eigenvalue weighted by Gasteiger charge is -2.18. The number of amides is 2. The zero-order valence-corrected chi connectivity index (χ0v) is 23.0. The number of phenols is 1. The highest BCUT2D eigenvalue weighted by Crippen LogP contribution is 2.35. The highest BCUT2D eigenvalue weighted by molar-refractivity contribution is 7.98. The monoisotopic (exact) mass is 576 g/mol. The molecule has 38 heavy (non-hydrogen) atoms. The molecule has 0 aromatic heterocycles. The molecule has 1 unspecified atom stereocenters. The van der Waals surface area contributed by atoms with Crippen LogP contribution in [0.1, 0.15) is 34.1 Å². The molecule has 0 bridgehead atoms. The maximum Gasteiger partial charge on any atom is 0.337 e. The zero-order valence-electron chi connectivity index (χ0n) is 20.6. The molecule has 0 fully saturated rings. The summed E-state index contributed by atoms with van der Waals surface area (Å²) in [7, 11) is -2.75. The van der Waals surface area contributed by atoms with Gasteiger partial charge in [0, 0.05) is 16.5 Å². The number of esters is 1. The fourth-order valence-electron chi connectivity index (χ4n) is 3.52. The van der Waals surface area contributed by atoms with Crippen LogP contribution in [0.3, 0.4) is 0 Å². The second-order valence-electron chi connectivity index (χ2n) is 7.98. The lowest BCUT2D eigenvalue weighted by atomic mass is 10.1. The number of aromatic hydroxyl groups is 1. The number of methoxy groups -OCH3 is 1. The summed E-state index contributed by atoms with van der Waals surface area (Å²) in [4.78, 5) is 38.0. The number of carbonyl (C=O) groups excluding carboxylic acids is 3. The SMILES string of the molecule is CCC(C(=O)Nc1cc(O)c(NC(=O)c2ccc(C(=O)OC)cc2)cc1Cl)S(=O)(=O)c1ccc(SC)cc1. The normalized spacial score (nSPS) is 11.9. The summed E-state index contributed by atoms with van der Waals surface area (Å²) >= 11 is 7.74. The molecule has 0 spiro atoms. The predicted octanol–water partition coefficient (Wildman–Crippen LogP) is 5.00. The van der Waals surface area contributed by atoms with Crippen LogP contribution >= 0.6 is 23.4 Å². The van der Waals surface area contributed by atoms with E-state index in [0.717, 1.165) is 11.0 Å². The van der Waals surface area contributed by atoms with E-state index >= 15 is 0 Å².